The normalized spacial score (nSPS) is 13.8. The number of amides is 1. The van der Waals surface area contributed by atoms with Gasteiger partial charge in [0.15, 0.2) is 4.73 Å². The van der Waals surface area contributed by atoms with Crippen LogP contribution in [0, 0.1) is 5.82 Å². The molecule has 2 aromatic carbocycles. The molecule has 0 atom stereocenters. The van der Waals surface area contributed by atoms with Crippen molar-refractivity contribution in [3.8, 4) is 0 Å². The molecule has 0 saturated carbocycles. The first-order valence-corrected chi connectivity index (χ1v) is 10.9. The minimum absolute atomic E-state index is 0.0213. The Hall–Kier alpha value is -3.40. The van der Waals surface area contributed by atoms with Crippen LogP contribution >= 0.6 is 15.9 Å². The van der Waals surface area contributed by atoms with Crippen molar-refractivity contribution in [2.75, 3.05) is 13.1 Å². The summed E-state index contributed by atoms with van der Waals surface area (Å²) in [6.07, 6.45) is 0.894. The van der Waals surface area contributed by atoms with Gasteiger partial charge in [0.1, 0.15) is 11.6 Å². The summed E-state index contributed by atoms with van der Waals surface area (Å²) in [5.41, 5.74) is 1.15. The van der Waals surface area contributed by atoms with Crippen molar-refractivity contribution in [2.45, 2.75) is 19.4 Å². The number of carbonyl (C=O) groups is 1. The third-order valence-corrected chi connectivity index (χ3v) is 6.26. The Kier molecular flexibility index (Phi) is 5.30. The second kappa shape index (κ2) is 8.27. The van der Waals surface area contributed by atoms with E-state index in [1.807, 2.05) is 16.7 Å². The zero-order chi connectivity index (χ0) is 22.2. The van der Waals surface area contributed by atoms with Gasteiger partial charge >= 0.3 is 0 Å². The molecule has 0 saturated heterocycles. The molecule has 4 aromatic rings. The smallest absolute Gasteiger partial charge is 0.272 e. The van der Waals surface area contributed by atoms with Crippen LogP contribution in [0.1, 0.15) is 27.4 Å². The van der Waals surface area contributed by atoms with E-state index in [0.29, 0.717) is 48.3 Å². The minimum atomic E-state index is -0.567. The highest BCUT2D eigenvalue weighted by Crippen LogP contribution is 2.21. The molecule has 0 unspecified atom stereocenters. The van der Waals surface area contributed by atoms with E-state index in [-0.39, 0.29) is 17.0 Å². The number of H-pyrrole nitrogens is 1. The number of nitrogens with zero attached hydrogens (tertiary/aromatic N) is 5. The van der Waals surface area contributed by atoms with Gasteiger partial charge in [0.25, 0.3) is 11.5 Å². The summed E-state index contributed by atoms with van der Waals surface area (Å²) < 4.78 is 17.2. The highest BCUT2D eigenvalue weighted by molar-refractivity contribution is 9.10. The molecule has 162 valence electrons. The van der Waals surface area contributed by atoms with Crippen molar-refractivity contribution in [3.63, 3.8) is 0 Å². The number of benzene rings is 2. The number of carbonyl (C=O) groups excluding carboxylic acids is 1. The van der Waals surface area contributed by atoms with Crippen molar-refractivity contribution >= 4 is 32.6 Å². The van der Waals surface area contributed by atoms with E-state index in [9.17, 15) is 14.0 Å². The topological polar surface area (TPSA) is 96.8 Å². The van der Waals surface area contributed by atoms with Crippen LogP contribution in [0.2, 0.25) is 0 Å². The number of rotatable bonds is 3. The van der Waals surface area contributed by atoms with Gasteiger partial charge in [-0.15, -0.1) is 10.2 Å². The summed E-state index contributed by atoms with van der Waals surface area (Å²) in [7, 11) is 0. The van der Waals surface area contributed by atoms with Gasteiger partial charge in [0.2, 0.25) is 0 Å². The van der Waals surface area contributed by atoms with Crippen LogP contribution in [0.3, 0.4) is 0 Å². The molecule has 5 rings (SSSR count). The van der Waals surface area contributed by atoms with Gasteiger partial charge in [-0.2, -0.15) is 5.10 Å². The predicted molar refractivity (Wildman–Crippen MR) is 119 cm³/mol. The molecule has 0 radical (unpaired) electrons. The van der Waals surface area contributed by atoms with Crippen molar-refractivity contribution in [1.82, 2.24) is 29.9 Å². The van der Waals surface area contributed by atoms with E-state index in [4.69, 9.17) is 0 Å². The predicted octanol–water partition coefficient (Wildman–Crippen LogP) is 2.71. The number of aromatic nitrogens is 5. The van der Waals surface area contributed by atoms with Crippen molar-refractivity contribution in [3.05, 3.63) is 86.0 Å². The molecule has 1 aliphatic heterocycles. The number of hydrogen-bond donors (Lipinski definition) is 1. The van der Waals surface area contributed by atoms with Crippen LogP contribution in [0.5, 0.6) is 0 Å². The largest absolute Gasteiger partial charge is 0.336 e. The molecular weight excluding hydrogens is 479 g/mol. The fraction of sp³-hybridized carbons (Fsp3) is 0.227. The van der Waals surface area contributed by atoms with E-state index in [1.165, 1.54) is 6.07 Å². The molecule has 2 aromatic heterocycles. The summed E-state index contributed by atoms with van der Waals surface area (Å²) in [4.78, 5) is 26.8. The first kappa shape index (κ1) is 20.5. The lowest BCUT2D eigenvalue weighted by molar-refractivity contribution is 0.0754. The maximum absolute atomic E-state index is 14.6. The molecule has 0 bridgehead atoms. The maximum Gasteiger partial charge on any atom is 0.272 e. The molecule has 1 aliphatic rings. The standard InChI is InChI=1S/C22H18BrFN6O2/c23-22-28-26-19-7-8-29(9-10-30(19)22)21(32)16-11-13(5-6-17(16)24)12-18-14-3-1-2-4-15(14)20(31)27-25-18/h1-6,11H,7-10,12H2,(H,27,31). The zero-order valence-electron chi connectivity index (χ0n) is 16.9. The molecule has 1 amide bonds. The van der Waals surface area contributed by atoms with Crippen molar-refractivity contribution in [1.29, 1.82) is 0 Å². The first-order valence-electron chi connectivity index (χ1n) is 10.1. The molecule has 3 heterocycles. The number of aromatic amines is 1. The van der Waals surface area contributed by atoms with E-state index in [1.54, 1.807) is 29.2 Å². The van der Waals surface area contributed by atoms with Gasteiger partial charge in [-0.25, -0.2) is 9.49 Å². The van der Waals surface area contributed by atoms with Gasteiger partial charge in [-0.05, 0) is 39.7 Å². The van der Waals surface area contributed by atoms with Crippen LogP contribution in [-0.4, -0.2) is 48.9 Å². The third kappa shape index (κ3) is 3.70. The lowest BCUT2D eigenvalue weighted by Crippen LogP contribution is -2.34. The highest BCUT2D eigenvalue weighted by Gasteiger charge is 2.24. The van der Waals surface area contributed by atoms with Crippen LogP contribution in [0.15, 0.2) is 52.0 Å². The summed E-state index contributed by atoms with van der Waals surface area (Å²) in [5, 5.41) is 16.1. The van der Waals surface area contributed by atoms with Gasteiger partial charge in [0.05, 0.1) is 16.6 Å². The minimum Gasteiger partial charge on any atom is -0.336 e. The molecule has 0 spiro atoms. The van der Waals surface area contributed by atoms with Crippen molar-refractivity contribution in [2.24, 2.45) is 0 Å². The monoisotopic (exact) mass is 496 g/mol. The Morgan fingerprint density at radius 2 is 1.91 bits per heavy atom. The van der Waals surface area contributed by atoms with E-state index >= 15 is 0 Å². The number of fused-ring (bicyclic) bond motifs is 2. The molecule has 0 fully saturated rings. The second-order valence-corrected chi connectivity index (χ2v) is 8.32. The van der Waals surface area contributed by atoms with Crippen molar-refractivity contribution < 1.29 is 9.18 Å². The van der Waals surface area contributed by atoms with Crippen LogP contribution in [0.4, 0.5) is 4.39 Å². The quantitative estimate of drug-likeness (QED) is 0.470. The fourth-order valence-corrected chi connectivity index (χ4v) is 4.47. The molecule has 10 heteroatoms. The van der Waals surface area contributed by atoms with Crippen LogP contribution in [0.25, 0.3) is 10.8 Å². The molecule has 1 N–H and O–H groups in total. The molecule has 8 nitrogen and oxygen atoms in total. The van der Waals surface area contributed by atoms with E-state index in [2.05, 4.69) is 36.3 Å². The number of hydrogen-bond acceptors (Lipinski definition) is 5. The number of nitrogens with one attached hydrogen (secondary N) is 1. The Bertz CT molecular complexity index is 1400. The van der Waals surface area contributed by atoms with Gasteiger partial charge in [0, 0.05) is 37.9 Å². The molecule has 32 heavy (non-hydrogen) atoms. The average molecular weight is 497 g/mol. The van der Waals surface area contributed by atoms with E-state index < -0.39 is 5.82 Å². The molecular formula is C22H18BrFN6O2. The van der Waals surface area contributed by atoms with Gasteiger partial charge < -0.3 is 9.47 Å². The number of halogens is 2. The first-order chi connectivity index (χ1) is 15.5. The highest BCUT2D eigenvalue weighted by atomic mass is 79.9. The second-order valence-electron chi connectivity index (χ2n) is 7.62. The fourth-order valence-electron chi connectivity index (χ4n) is 4.01. The zero-order valence-corrected chi connectivity index (χ0v) is 18.5. The lowest BCUT2D eigenvalue weighted by Gasteiger charge is -2.20. The Morgan fingerprint density at radius 3 is 2.75 bits per heavy atom. The summed E-state index contributed by atoms with van der Waals surface area (Å²) in [6, 6.07) is 11.7. The Balaban J connectivity index is 1.42. The summed E-state index contributed by atoms with van der Waals surface area (Å²) in [5.74, 6) is -0.140. The third-order valence-electron chi connectivity index (χ3n) is 5.68. The SMILES string of the molecule is O=C(c1cc(Cc2n[nH]c(=O)c3ccccc23)ccc1F)N1CCc2nnc(Br)n2CC1. The Labute approximate surface area is 190 Å². The van der Waals surface area contributed by atoms with E-state index in [0.717, 1.165) is 16.8 Å². The lowest BCUT2D eigenvalue weighted by atomic mass is 10.0. The summed E-state index contributed by atoms with van der Waals surface area (Å²) >= 11 is 3.36. The van der Waals surface area contributed by atoms with Crippen LogP contribution < -0.4 is 5.56 Å². The Morgan fingerprint density at radius 1 is 1.09 bits per heavy atom. The maximum atomic E-state index is 14.6. The van der Waals surface area contributed by atoms with Gasteiger partial charge in [-0.3, -0.25) is 9.59 Å². The summed E-state index contributed by atoms with van der Waals surface area (Å²) in [6.45, 7) is 1.39. The molecule has 0 aliphatic carbocycles. The van der Waals surface area contributed by atoms with Gasteiger partial charge in [-0.1, -0.05) is 24.3 Å². The van der Waals surface area contributed by atoms with Crippen LogP contribution in [-0.2, 0) is 19.4 Å². The average Bonchev–Trinajstić information content (AvgIpc) is 3.02.